The number of ether oxygens (including phenoxy) is 1. The first kappa shape index (κ1) is 17.5. The molecular weight excluding hydrogens is 338 g/mol. The van der Waals surface area contributed by atoms with Gasteiger partial charge in [-0.15, -0.1) is 0 Å². The first-order valence-corrected chi connectivity index (χ1v) is 7.49. The van der Waals surface area contributed by atoms with Gasteiger partial charge in [-0.05, 0) is 53.9 Å². The van der Waals surface area contributed by atoms with Gasteiger partial charge < -0.3 is 15.2 Å². The highest BCUT2D eigenvalue weighted by Gasteiger charge is 2.20. The van der Waals surface area contributed by atoms with E-state index in [0.29, 0.717) is 12.8 Å². The minimum absolute atomic E-state index is 0.150. The van der Waals surface area contributed by atoms with E-state index in [0.717, 1.165) is 15.8 Å². The molecule has 2 atom stereocenters. The summed E-state index contributed by atoms with van der Waals surface area (Å²) in [6, 6.07) is 5.26. The van der Waals surface area contributed by atoms with Gasteiger partial charge in [0.25, 0.3) is 0 Å². The number of carboxylic acid groups (broad SMARTS) is 1. The van der Waals surface area contributed by atoms with Crippen molar-refractivity contribution >= 4 is 27.8 Å². The molecular formula is C15H20BrNO4. The summed E-state index contributed by atoms with van der Waals surface area (Å²) in [6.45, 7) is 3.27. The number of halogens is 1. The second-order valence-corrected chi connectivity index (χ2v) is 5.81. The van der Waals surface area contributed by atoms with Crippen LogP contribution in [0, 0.1) is 5.92 Å². The van der Waals surface area contributed by atoms with E-state index in [1.165, 1.54) is 0 Å². The number of carbonyl (C=O) groups excluding carboxylic acids is 1. The van der Waals surface area contributed by atoms with Crippen LogP contribution in [0.15, 0.2) is 22.7 Å². The van der Waals surface area contributed by atoms with Gasteiger partial charge in [-0.3, -0.25) is 9.59 Å². The normalized spacial score (nSPS) is 13.3. The Morgan fingerprint density at radius 3 is 2.57 bits per heavy atom. The summed E-state index contributed by atoms with van der Waals surface area (Å²) in [7, 11) is 1.60. The van der Waals surface area contributed by atoms with E-state index in [1.807, 2.05) is 18.2 Å². The predicted octanol–water partition coefficient (Wildman–Crippen LogP) is 2.62. The van der Waals surface area contributed by atoms with E-state index in [2.05, 4.69) is 21.2 Å². The Labute approximate surface area is 132 Å². The zero-order chi connectivity index (χ0) is 16.0. The van der Waals surface area contributed by atoms with Gasteiger partial charge in [0, 0.05) is 12.5 Å². The van der Waals surface area contributed by atoms with Gasteiger partial charge in [-0.25, -0.2) is 0 Å². The standard InChI is InChI=1S/C15H20BrNO4/c1-9(15(19)20)10(2)17-14(18)7-5-11-4-6-13(21-3)12(16)8-11/h4,6,8-10H,5,7H2,1-3H3,(H,17,18)(H,19,20). The Morgan fingerprint density at radius 1 is 1.38 bits per heavy atom. The molecule has 1 aromatic rings. The number of nitrogens with one attached hydrogen (secondary N) is 1. The zero-order valence-corrected chi connectivity index (χ0v) is 13.9. The summed E-state index contributed by atoms with van der Waals surface area (Å²) in [5, 5.41) is 11.6. The number of hydrogen-bond donors (Lipinski definition) is 2. The van der Waals surface area contributed by atoms with Gasteiger partial charge in [0.15, 0.2) is 0 Å². The first-order chi connectivity index (χ1) is 9.85. The minimum atomic E-state index is -0.915. The molecule has 2 unspecified atom stereocenters. The topological polar surface area (TPSA) is 75.6 Å². The van der Waals surface area contributed by atoms with Gasteiger partial charge in [0.1, 0.15) is 5.75 Å². The molecule has 0 spiro atoms. The van der Waals surface area contributed by atoms with E-state index >= 15 is 0 Å². The Morgan fingerprint density at radius 2 is 2.05 bits per heavy atom. The van der Waals surface area contributed by atoms with Crippen LogP contribution in [0.2, 0.25) is 0 Å². The van der Waals surface area contributed by atoms with Crippen molar-refractivity contribution in [1.29, 1.82) is 0 Å². The molecule has 5 nitrogen and oxygen atoms in total. The lowest BCUT2D eigenvalue weighted by Crippen LogP contribution is -2.40. The third kappa shape index (κ3) is 5.38. The number of rotatable bonds is 7. The highest BCUT2D eigenvalue weighted by molar-refractivity contribution is 9.10. The second kappa shape index (κ2) is 8.02. The van der Waals surface area contributed by atoms with Crippen molar-refractivity contribution < 1.29 is 19.4 Å². The predicted molar refractivity (Wildman–Crippen MR) is 83.4 cm³/mol. The number of benzene rings is 1. The number of carbonyl (C=O) groups is 2. The van der Waals surface area contributed by atoms with Crippen molar-refractivity contribution in [3.63, 3.8) is 0 Å². The Bertz CT molecular complexity index is 518. The average Bonchev–Trinajstić information content (AvgIpc) is 2.44. The van der Waals surface area contributed by atoms with Crippen LogP contribution in [0.1, 0.15) is 25.8 Å². The maximum Gasteiger partial charge on any atom is 0.308 e. The third-order valence-corrected chi connectivity index (χ3v) is 4.00. The molecule has 0 aliphatic heterocycles. The fourth-order valence-electron chi connectivity index (χ4n) is 1.79. The molecule has 0 fully saturated rings. The van der Waals surface area contributed by atoms with Crippen LogP contribution < -0.4 is 10.1 Å². The molecule has 0 aliphatic carbocycles. The number of hydrogen-bond acceptors (Lipinski definition) is 3. The Kier molecular flexibility index (Phi) is 6.68. The van der Waals surface area contributed by atoms with E-state index in [9.17, 15) is 9.59 Å². The van der Waals surface area contributed by atoms with Gasteiger partial charge >= 0.3 is 5.97 Å². The lowest BCUT2D eigenvalue weighted by Gasteiger charge is -2.17. The zero-order valence-electron chi connectivity index (χ0n) is 12.4. The van der Waals surface area contributed by atoms with Crippen molar-refractivity contribution in [2.24, 2.45) is 5.92 Å². The SMILES string of the molecule is COc1ccc(CCC(=O)NC(C)C(C)C(=O)O)cc1Br. The quantitative estimate of drug-likeness (QED) is 0.786. The van der Waals surface area contributed by atoms with Crippen molar-refractivity contribution in [2.75, 3.05) is 7.11 Å². The molecule has 0 radical (unpaired) electrons. The van der Waals surface area contributed by atoms with Crippen molar-refractivity contribution in [2.45, 2.75) is 32.7 Å². The smallest absolute Gasteiger partial charge is 0.308 e. The van der Waals surface area contributed by atoms with Gasteiger partial charge in [-0.2, -0.15) is 0 Å². The van der Waals surface area contributed by atoms with E-state index in [-0.39, 0.29) is 5.91 Å². The number of aryl methyl sites for hydroxylation is 1. The maximum atomic E-state index is 11.8. The molecule has 2 N–H and O–H groups in total. The first-order valence-electron chi connectivity index (χ1n) is 6.69. The third-order valence-electron chi connectivity index (χ3n) is 3.39. The van der Waals surface area contributed by atoms with Crippen LogP contribution in [-0.4, -0.2) is 30.1 Å². The highest BCUT2D eigenvalue weighted by atomic mass is 79.9. The summed E-state index contributed by atoms with van der Waals surface area (Å²) in [4.78, 5) is 22.7. The summed E-state index contributed by atoms with van der Waals surface area (Å²) < 4.78 is 5.99. The van der Waals surface area contributed by atoms with Crippen LogP contribution in [0.3, 0.4) is 0 Å². The second-order valence-electron chi connectivity index (χ2n) is 4.95. The monoisotopic (exact) mass is 357 g/mol. The number of carboxylic acids is 1. The Hall–Kier alpha value is -1.56. The molecule has 116 valence electrons. The molecule has 0 heterocycles. The minimum Gasteiger partial charge on any atom is -0.496 e. The van der Waals surface area contributed by atoms with E-state index in [1.54, 1.807) is 21.0 Å². The van der Waals surface area contributed by atoms with Crippen molar-refractivity contribution in [3.05, 3.63) is 28.2 Å². The van der Waals surface area contributed by atoms with Crippen LogP contribution >= 0.6 is 15.9 Å². The summed E-state index contributed by atoms with van der Waals surface area (Å²) in [6.07, 6.45) is 0.901. The molecule has 0 aromatic heterocycles. The van der Waals surface area contributed by atoms with Gasteiger partial charge in [0.2, 0.25) is 5.91 Å². The number of methoxy groups -OCH3 is 1. The molecule has 0 saturated heterocycles. The average molecular weight is 358 g/mol. The molecule has 0 saturated carbocycles. The lowest BCUT2D eigenvalue weighted by molar-refractivity contribution is -0.142. The fourth-order valence-corrected chi connectivity index (χ4v) is 2.38. The van der Waals surface area contributed by atoms with Crippen LogP contribution in [0.4, 0.5) is 0 Å². The molecule has 6 heteroatoms. The van der Waals surface area contributed by atoms with Gasteiger partial charge in [-0.1, -0.05) is 6.07 Å². The molecule has 1 amide bonds. The van der Waals surface area contributed by atoms with E-state index < -0.39 is 17.9 Å². The molecule has 0 aliphatic rings. The summed E-state index contributed by atoms with van der Waals surface area (Å²) >= 11 is 3.40. The van der Waals surface area contributed by atoms with Crippen LogP contribution in [0.5, 0.6) is 5.75 Å². The largest absolute Gasteiger partial charge is 0.496 e. The summed E-state index contributed by atoms with van der Waals surface area (Å²) in [5.74, 6) is -0.930. The van der Waals surface area contributed by atoms with Crippen molar-refractivity contribution in [3.8, 4) is 5.75 Å². The highest BCUT2D eigenvalue weighted by Crippen LogP contribution is 2.25. The lowest BCUT2D eigenvalue weighted by atomic mass is 10.0. The maximum absolute atomic E-state index is 11.8. The Balaban J connectivity index is 2.50. The fraction of sp³-hybridized carbons (Fsp3) is 0.467. The summed E-state index contributed by atoms with van der Waals surface area (Å²) in [5.41, 5.74) is 1.01. The molecule has 1 rings (SSSR count). The van der Waals surface area contributed by atoms with E-state index in [4.69, 9.17) is 9.84 Å². The van der Waals surface area contributed by atoms with Crippen LogP contribution in [-0.2, 0) is 16.0 Å². The number of amides is 1. The number of aliphatic carboxylic acids is 1. The molecule has 1 aromatic carbocycles. The molecule has 21 heavy (non-hydrogen) atoms. The van der Waals surface area contributed by atoms with Gasteiger partial charge in [0.05, 0.1) is 17.5 Å². The van der Waals surface area contributed by atoms with Crippen molar-refractivity contribution in [1.82, 2.24) is 5.32 Å². The molecule has 0 bridgehead atoms. The van der Waals surface area contributed by atoms with Crippen LogP contribution in [0.25, 0.3) is 0 Å².